The van der Waals surface area contributed by atoms with Crippen LogP contribution in [0.3, 0.4) is 0 Å². The molecule has 186 valence electrons. The average molecular weight is 487 g/mol. The van der Waals surface area contributed by atoms with Gasteiger partial charge in [-0.05, 0) is 28.2 Å². The number of nitrogens with one attached hydrogen (secondary N) is 1. The molecule has 0 bridgehead atoms. The maximum absolute atomic E-state index is 13.9. The van der Waals surface area contributed by atoms with E-state index in [1.807, 2.05) is 48.5 Å². The molecule has 1 unspecified atom stereocenters. The molecule has 2 amide bonds. The summed E-state index contributed by atoms with van der Waals surface area (Å²) in [7, 11) is 0. The van der Waals surface area contributed by atoms with Crippen LogP contribution >= 0.6 is 0 Å². The van der Waals surface area contributed by atoms with Crippen molar-refractivity contribution in [2.24, 2.45) is 11.8 Å². The third-order valence-corrected chi connectivity index (χ3v) is 6.77. The van der Waals surface area contributed by atoms with Gasteiger partial charge in [0.2, 0.25) is 5.91 Å². The molecule has 1 fully saturated rings. The van der Waals surface area contributed by atoms with Gasteiger partial charge in [-0.15, -0.1) is 0 Å². The smallest absolute Gasteiger partial charge is 0.407 e. The molecule has 2 N–H and O–H groups in total. The molecular weight excluding hydrogens is 458 g/mol. The van der Waals surface area contributed by atoms with Crippen LogP contribution in [0.4, 0.5) is 13.6 Å². The lowest BCUT2D eigenvalue weighted by Crippen LogP contribution is -2.48. The van der Waals surface area contributed by atoms with E-state index in [4.69, 9.17) is 4.74 Å². The fourth-order valence-corrected chi connectivity index (χ4v) is 4.93. The second kappa shape index (κ2) is 9.64. The topological polar surface area (TPSA) is 95.9 Å². The van der Waals surface area contributed by atoms with E-state index in [1.165, 1.54) is 0 Å². The van der Waals surface area contributed by atoms with Crippen LogP contribution in [-0.4, -0.2) is 59.6 Å². The number of carboxylic acids is 1. The number of alkyl halides is 2. The molecule has 0 spiro atoms. The van der Waals surface area contributed by atoms with E-state index in [9.17, 15) is 28.3 Å². The second-order valence-electron chi connectivity index (χ2n) is 9.44. The zero-order valence-corrected chi connectivity index (χ0v) is 19.5. The predicted molar refractivity (Wildman–Crippen MR) is 124 cm³/mol. The van der Waals surface area contributed by atoms with Crippen molar-refractivity contribution < 1.29 is 33.0 Å². The van der Waals surface area contributed by atoms with Crippen molar-refractivity contribution in [2.75, 3.05) is 19.7 Å². The minimum Gasteiger partial charge on any atom is -0.480 e. The summed E-state index contributed by atoms with van der Waals surface area (Å²) in [4.78, 5) is 37.6. The number of carboxylic acid groups (broad SMARTS) is 1. The van der Waals surface area contributed by atoms with Crippen LogP contribution in [0.2, 0.25) is 0 Å². The van der Waals surface area contributed by atoms with E-state index in [2.05, 4.69) is 5.32 Å². The minimum absolute atomic E-state index is 0.0968. The highest BCUT2D eigenvalue weighted by atomic mass is 19.3. The number of hydrogen-bond acceptors (Lipinski definition) is 4. The normalized spacial score (nSPS) is 19.2. The third-order valence-electron chi connectivity index (χ3n) is 6.77. The van der Waals surface area contributed by atoms with Crippen LogP contribution in [-0.2, 0) is 14.3 Å². The first-order valence-electron chi connectivity index (χ1n) is 11.6. The van der Waals surface area contributed by atoms with Gasteiger partial charge in [0.05, 0.1) is 12.5 Å². The number of benzene rings is 2. The van der Waals surface area contributed by atoms with Gasteiger partial charge in [0.15, 0.2) is 0 Å². The predicted octanol–water partition coefficient (Wildman–Crippen LogP) is 4.12. The van der Waals surface area contributed by atoms with Gasteiger partial charge in [0.25, 0.3) is 5.92 Å². The number of hydrogen-bond donors (Lipinski definition) is 2. The van der Waals surface area contributed by atoms with Crippen molar-refractivity contribution in [3.63, 3.8) is 0 Å². The monoisotopic (exact) mass is 486 g/mol. The average Bonchev–Trinajstić information content (AvgIpc) is 3.32. The van der Waals surface area contributed by atoms with Crippen molar-refractivity contribution in [3.05, 3.63) is 59.7 Å². The molecule has 4 rings (SSSR count). The van der Waals surface area contributed by atoms with Crippen LogP contribution in [0.15, 0.2) is 48.5 Å². The Morgan fingerprint density at radius 1 is 1.09 bits per heavy atom. The van der Waals surface area contributed by atoms with Crippen LogP contribution in [0, 0.1) is 11.8 Å². The van der Waals surface area contributed by atoms with Gasteiger partial charge in [-0.2, -0.15) is 0 Å². The van der Waals surface area contributed by atoms with Gasteiger partial charge < -0.3 is 20.1 Å². The number of aliphatic carboxylic acids is 1. The van der Waals surface area contributed by atoms with E-state index >= 15 is 0 Å². The number of amides is 2. The number of carbonyl (C=O) groups excluding carboxylic acids is 2. The standard InChI is InChI=1S/C26H28F2N2O5/c1-15(2)20(23(31)30-14-26(27,28)11-22(30)24(32)33)12-29-25(34)35-13-21-18-9-5-3-7-16(18)17-8-4-6-10-19(17)21/h3-10,15,20-22H,11-14H2,1-2H3,(H,29,34)(H,32,33)/t20?,22-/m0/s1. The molecule has 1 saturated heterocycles. The Hall–Kier alpha value is -3.49. The fourth-order valence-electron chi connectivity index (χ4n) is 4.93. The van der Waals surface area contributed by atoms with E-state index in [-0.39, 0.29) is 25.0 Å². The summed E-state index contributed by atoms with van der Waals surface area (Å²) >= 11 is 0. The Balaban J connectivity index is 1.39. The SMILES string of the molecule is CC(C)C(CNC(=O)OCC1c2ccccc2-c2ccccc21)C(=O)N1CC(F)(F)C[C@H]1C(=O)O. The molecule has 0 saturated carbocycles. The number of fused-ring (bicyclic) bond motifs is 3. The van der Waals surface area contributed by atoms with E-state index in [0.29, 0.717) is 4.90 Å². The molecule has 2 aromatic rings. The number of alkyl carbamates (subject to hydrolysis) is 1. The molecule has 1 aliphatic heterocycles. The zero-order valence-electron chi connectivity index (χ0n) is 19.5. The van der Waals surface area contributed by atoms with Crippen molar-refractivity contribution >= 4 is 18.0 Å². The highest BCUT2D eigenvalue weighted by Gasteiger charge is 2.51. The molecule has 35 heavy (non-hydrogen) atoms. The quantitative estimate of drug-likeness (QED) is 0.614. The van der Waals surface area contributed by atoms with Gasteiger partial charge in [0, 0.05) is 18.9 Å². The molecule has 9 heteroatoms. The molecule has 2 aliphatic rings. The largest absolute Gasteiger partial charge is 0.480 e. The molecule has 1 heterocycles. The lowest BCUT2D eigenvalue weighted by molar-refractivity contribution is -0.150. The number of halogens is 2. The highest BCUT2D eigenvalue weighted by molar-refractivity contribution is 5.86. The first-order valence-corrected chi connectivity index (χ1v) is 11.6. The van der Waals surface area contributed by atoms with Crippen LogP contribution in [0.1, 0.15) is 37.3 Å². The first kappa shape index (κ1) is 24.6. The Morgan fingerprint density at radius 3 is 2.20 bits per heavy atom. The van der Waals surface area contributed by atoms with Gasteiger partial charge >= 0.3 is 12.1 Å². The molecule has 2 atom stereocenters. The summed E-state index contributed by atoms with van der Waals surface area (Å²) in [5.74, 6) is -6.77. The van der Waals surface area contributed by atoms with Crippen molar-refractivity contribution in [3.8, 4) is 11.1 Å². The van der Waals surface area contributed by atoms with Crippen molar-refractivity contribution in [2.45, 2.75) is 38.2 Å². The molecule has 2 aromatic carbocycles. The zero-order chi connectivity index (χ0) is 25.3. The van der Waals surface area contributed by atoms with Crippen LogP contribution < -0.4 is 5.32 Å². The molecule has 1 aliphatic carbocycles. The number of ether oxygens (including phenoxy) is 1. The van der Waals surface area contributed by atoms with E-state index < -0.39 is 48.8 Å². The van der Waals surface area contributed by atoms with E-state index in [1.54, 1.807) is 13.8 Å². The summed E-state index contributed by atoms with van der Waals surface area (Å²) in [6.07, 6.45) is -1.65. The van der Waals surface area contributed by atoms with Gasteiger partial charge in [0.1, 0.15) is 12.6 Å². The second-order valence-corrected chi connectivity index (χ2v) is 9.44. The maximum Gasteiger partial charge on any atom is 0.407 e. The number of rotatable bonds is 7. The van der Waals surface area contributed by atoms with Crippen LogP contribution in [0.5, 0.6) is 0 Å². The van der Waals surface area contributed by atoms with Crippen molar-refractivity contribution in [1.82, 2.24) is 10.2 Å². The molecule has 7 nitrogen and oxygen atoms in total. The van der Waals surface area contributed by atoms with Gasteiger partial charge in [-0.25, -0.2) is 18.4 Å². The summed E-state index contributed by atoms with van der Waals surface area (Å²) in [6, 6.07) is 14.2. The van der Waals surface area contributed by atoms with Crippen molar-refractivity contribution in [1.29, 1.82) is 0 Å². The Labute approximate surface area is 202 Å². The molecular formula is C26H28F2N2O5. The third kappa shape index (κ3) is 4.99. The van der Waals surface area contributed by atoms with E-state index in [0.717, 1.165) is 22.3 Å². The molecule has 0 aromatic heterocycles. The summed E-state index contributed by atoms with van der Waals surface area (Å²) in [5, 5.41) is 11.9. The minimum atomic E-state index is -3.26. The number of likely N-dealkylation sites (tertiary alicyclic amines) is 1. The van der Waals surface area contributed by atoms with Gasteiger partial charge in [-0.1, -0.05) is 62.4 Å². The Morgan fingerprint density at radius 2 is 1.66 bits per heavy atom. The number of nitrogens with zero attached hydrogens (tertiary/aromatic N) is 1. The Bertz CT molecular complexity index is 1090. The molecule has 0 radical (unpaired) electrons. The summed E-state index contributed by atoms with van der Waals surface area (Å²) in [5.41, 5.74) is 4.31. The van der Waals surface area contributed by atoms with Gasteiger partial charge in [-0.3, -0.25) is 4.79 Å². The lowest BCUT2D eigenvalue weighted by Gasteiger charge is -2.28. The maximum atomic E-state index is 13.9. The number of carbonyl (C=O) groups is 3. The lowest BCUT2D eigenvalue weighted by atomic mass is 9.94. The summed E-state index contributed by atoms with van der Waals surface area (Å²) in [6.45, 7) is 2.43. The fraction of sp³-hybridized carbons (Fsp3) is 0.423. The Kier molecular flexibility index (Phi) is 6.78. The highest BCUT2D eigenvalue weighted by Crippen LogP contribution is 2.44. The summed E-state index contributed by atoms with van der Waals surface area (Å²) < 4.78 is 33.2. The van der Waals surface area contributed by atoms with Crippen LogP contribution in [0.25, 0.3) is 11.1 Å². The first-order chi connectivity index (χ1) is 16.6.